The molecule has 0 aliphatic rings. The average Bonchev–Trinajstić information content (AvgIpc) is 2.69. The molecule has 0 heterocycles. The van der Waals surface area contributed by atoms with Crippen molar-refractivity contribution in [3.63, 3.8) is 0 Å². The lowest BCUT2D eigenvalue weighted by molar-refractivity contribution is 0.277. The third kappa shape index (κ3) is 5.63. The SMILES string of the molecule is COC.COc1ccc2ccccc2c1.c1ccc2ccccc2c1. The Labute approximate surface area is 149 Å². The van der Waals surface area contributed by atoms with Gasteiger partial charge in [0.1, 0.15) is 5.75 Å². The van der Waals surface area contributed by atoms with Crippen LogP contribution in [0.25, 0.3) is 21.5 Å². The second kappa shape index (κ2) is 10.1. The van der Waals surface area contributed by atoms with Crippen LogP contribution in [-0.4, -0.2) is 21.3 Å². The van der Waals surface area contributed by atoms with E-state index in [1.54, 1.807) is 21.3 Å². The minimum atomic E-state index is 0.911. The maximum Gasteiger partial charge on any atom is 0.119 e. The summed E-state index contributed by atoms with van der Waals surface area (Å²) < 4.78 is 9.37. The molecule has 4 aromatic rings. The molecule has 4 rings (SSSR count). The molecule has 0 saturated carbocycles. The number of hydrogen-bond acceptors (Lipinski definition) is 2. The zero-order valence-corrected chi connectivity index (χ0v) is 15.0. The molecule has 2 heteroatoms. The highest BCUT2D eigenvalue weighted by molar-refractivity contribution is 5.83. The van der Waals surface area contributed by atoms with Crippen molar-refractivity contribution >= 4 is 21.5 Å². The number of methoxy groups -OCH3 is 2. The van der Waals surface area contributed by atoms with Gasteiger partial charge in [-0.05, 0) is 33.7 Å². The van der Waals surface area contributed by atoms with Crippen LogP contribution in [0, 0.1) is 0 Å². The van der Waals surface area contributed by atoms with Crippen molar-refractivity contribution < 1.29 is 9.47 Å². The van der Waals surface area contributed by atoms with Crippen molar-refractivity contribution in [2.24, 2.45) is 0 Å². The van der Waals surface area contributed by atoms with Gasteiger partial charge in [-0.1, -0.05) is 78.9 Å². The first-order valence-electron chi connectivity index (χ1n) is 8.15. The molecule has 0 radical (unpaired) electrons. The Balaban J connectivity index is 0.000000158. The smallest absolute Gasteiger partial charge is 0.119 e. The average molecular weight is 332 g/mol. The van der Waals surface area contributed by atoms with Gasteiger partial charge in [0.2, 0.25) is 0 Å². The molecule has 0 fully saturated rings. The van der Waals surface area contributed by atoms with Crippen molar-refractivity contribution in [2.45, 2.75) is 0 Å². The van der Waals surface area contributed by atoms with E-state index >= 15 is 0 Å². The van der Waals surface area contributed by atoms with Gasteiger partial charge in [-0.3, -0.25) is 0 Å². The Bertz CT molecular complexity index is 835. The topological polar surface area (TPSA) is 18.5 Å². The van der Waals surface area contributed by atoms with E-state index in [0.29, 0.717) is 0 Å². The fraction of sp³-hybridized carbons (Fsp3) is 0.130. The number of rotatable bonds is 1. The normalized spacial score (nSPS) is 9.56. The lowest BCUT2D eigenvalue weighted by atomic mass is 10.1. The van der Waals surface area contributed by atoms with Crippen molar-refractivity contribution in [1.29, 1.82) is 0 Å². The molecule has 25 heavy (non-hydrogen) atoms. The zero-order valence-electron chi connectivity index (χ0n) is 15.0. The summed E-state index contributed by atoms with van der Waals surface area (Å²) in [5.41, 5.74) is 0. The van der Waals surface area contributed by atoms with E-state index in [0.717, 1.165) is 5.75 Å². The number of fused-ring (bicyclic) bond motifs is 2. The lowest BCUT2D eigenvalue weighted by Gasteiger charge is -2.00. The first-order valence-corrected chi connectivity index (χ1v) is 8.15. The third-order valence-corrected chi connectivity index (χ3v) is 3.62. The van der Waals surface area contributed by atoms with Gasteiger partial charge in [0.05, 0.1) is 7.11 Å². The second-order valence-electron chi connectivity index (χ2n) is 5.47. The van der Waals surface area contributed by atoms with Gasteiger partial charge >= 0.3 is 0 Å². The molecule has 0 aliphatic heterocycles. The Morgan fingerprint density at radius 1 is 0.480 bits per heavy atom. The van der Waals surface area contributed by atoms with Crippen LogP contribution in [0.15, 0.2) is 91.0 Å². The highest BCUT2D eigenvalue weighted by Crippen LogP contribution is 2.19. The molecule has 2 nitrogen and oxygen atoms in total. The van der Waals surface area contributed by atoms with E-state index in [9.17, 15) is 0 Å². The van der Waals surface area contributed by atoms with Gasteiger partial charge in [-0.15, -0.1) is 0 Å². The van der Waals surface area contributed by atoms with Crippen LogP contribution < -0.4 is 4.74 Å². The van der Waals surface area contributed by atoms with E-state index in [4.69, 9.17) is 4.74 Å². The van der Waals surface area contributed by atoms with Crippen molar-refractivity contribution in [1.82, 2.24) is 0 Å². The van der Waals surface area contributed by atoms with Gasteiger partial charge in [-0.2, -0.15) is 0 Å². The fourth-order valence-electron chi connectivity index (χ4n) is 2.43. The van der Waals surface area contributed by atoms with E-state index in [1.807, 2.05) is 24.3 Å². The molecule has 0 unspecified atom stereocenters. The van der Waals surface area contributed by atoms with Gasteiger partial charge < -0.3 is 9.47 Å². The first-order chi connectivity index (χ1) is 12.3. The number of ether oxygens (including phenoxy) is 2. The maximum absolute atomic E-state index is 5.12. The number of hydrogen-bond donors (Lipinski definition) is 0. The molecule has 0 bridgehead atoms. The summed E-state index contributed by atoms with van der Waals surface area (Å²) in [6, 6.07) is 31.0. The predicted molar refractivity (Wildman–Crippen MR) is 107 cm³/mol. The highest BCUT2D eigenvalue weighted by atomic mass is 16.5. The van der Waals surface area contributed by atoms with E-state index in [-0.39, 0.29) is 0 Å². The van der Waals surface area contributed by atoms with Gasteiger partial charge in [0.25, 0.3) is 0 Å². The summed E-state index contributed by atoms with van der Waals surface area (Å²) >= 11 is 0. The van der Waals surface area contributed by atoms with Gasteiger partial charge in [0, 0.05) is 14.2 Å². The summed E-state index contributed by atoms with van der Waals surface area (Å²) in [6.45, 7) is 0. The molecule has 0 atom stereocenters. The van der Waals surface area contributed by atoms with Crippen LogP contribution in [0.5, 0.6) is 5.75 Å². The monoisotopic (exact) mass is 332 g/mol. The Hall–Kier alpha value is -2.84. The molecule has 0 saturated heterocycles. The third-order valence-electron chi connectivity index (χ3n) is 3.62. The molecular formula is C23H24O2. The molecule has 0 aromatic heterocycles. The molecular weight excluding hydrogens is 308 g/mol. The maximum atomic E-state index is 5.12. The predicted octanol–water partition coefficient (Wildman–Crippen LogP) is 5.95. The molecule has 0 N–H and O–H groups in total. The Morgan fingerprint density at radius 2 is 0.840 bits per heavy atom. The van der Waals surface area contributed by atoms with Crippen LogP contribution in [-0.2, 0) is 4.74 Å². The van der Waals surface area contributed by atoms with Crippen LogP contribution >= 0.6 is 0 Å². The fourth-order valence-corrected chi connectivity index (χ4v) is 2.43. The summed E-state index contributed by atoms with van der Waals surface area (Å²) in [5.74, 6) is 0.911. The molecule has 0 aliphatic carbocycles. The second-order valence-corrected chi connectivity index (χ2v) is 5.47. The number of benzene rings is 4. The van der Waals surface area contributed by atoms with Crippen molar-refractivity contribution in [3.05, 3.63) is 91.0 Å². The Morgan fingerprint density at radius 3 is 1.24 bits per heavy atom. The standard InChI is InChI=1S/C11H10O.C10H8.C2H6O/c1-12-11-7-6-9-4-2-3-5-10(9)8-11;1-2-6-10-8-4-3-7-9(10)5-1;1-3-2/h2-8H,1H3;1-8H;1-2H3. The minimum Gasteiger partial charge on any atom is -0.497 e. The van der Waals surface area contributed by atoms with E-state index in [1.165, 1.54) is 21.5 Å². The van der Waals surface area contributed by atoms with Gasteiger partial charge in [-0.25, -0.2) is 0 Å². The van der Waals surface area contributed by atoms with Crippen LogP contribution in [0.2, 0.25) is 0 Å². The van der Waals surface area contributed by atoms with Crippen molar-refractivity contribution in [3.8, 4) is 5.75 Å². The molecule has 0 spiro atoms. The quantitative estimate of drug-likeness (QED) is 0.429. The van der Waals surface area contributed by atoms with E-state index < -0.39 is 0 Å². The molecule has 4 aromatic carbocycles. The minimum absolute atomic E-state index is 0.911. The van der Waals surface area contributed by atoms with E-state index in [2.05, 4.69) is 71.5 Å². The highest BCUT2D eigenvalue weighted by Gasteiger charge is 1.93. The summed E-state index contributed by atoms with van der Waals surface area (Å²) in [7, 11) is 4.93. The van der Waals surface area contributed by atoms with Crippen LogP contribution in [0.1, 0.15) is 0 Å². The largest absolute Gasteiger partial charge is 0.497 e. The molecule has 0 amide bonds. The van der Waals surface area contributed by atoms with Crippen LogP contribution in [0.4, 0.5) is 0 Å². The van der Waals surface area contributed by atoms with Gasteiger partial charge in [0.15, 0.2) is 0 Å². The summed E-state index contributed by atoms with van der Waals surface area (Å²) in [6.07, 6.45) is 0. The van der Waals surface area contributed by atoms with Crippen molar-refractivity contribution in [2.75, 3.05) is 21.3 Å². The summed E-state index contributed by atoms with van der Waals surface area (Å²) in [4.78, 5) is 0. The molecule has 128 valence electrons. The zero-order chi connectivity index (χ0) is 17.9. The Kier molecular flexibility index (Phi) is 7.48. The van der Waals surface area contributed by atoms with Crippen LogP contribution in [0.3, 0.4) is 0 Å². The first kappa shape index (κ1) is 18.5. The summed E-state index contributed by atoms with van der Waals surface area (Å²) in [5, 5.41) is 5.09. The lowest BCUT2D eigenvalue weighted by Crippen LogP contribution is -1.81.